The van der Waals surface area contributed by atoms with Crippen LogP contribution in [-0.4, -0.2) is 11.2 Å². The summed E-state index contributed by atoms with van der Waals surface area (Å²) in [6.45, 7) is 6.43. The van der Waals surface area contributed by atoms with Crippen molar-refractivity contribution in [1.29, 1.82) is 0 Å². The molecule has 0 saturated carbocycles. The molecule has 10 heavy (non-hydrogen) atoms. The van der Waals surface area contributed by atoms with Crippen molar-refractivity contribution in [3.05, 3.63) is 0 Å². The minimum absolute atomic E-state index is 0.403. The lowest BCUT2D eigenvalue weighted by atomic mass is 10.0. The molecule has 3 N–H and O–H groups in total. The van der Waals surface area contributed by atoms with Gasteiger partial charge in [0.15, 0.2) is 5.11 Å². The third-order valence-corrected chi connectivity index (χ3v) is 1.69. The number of nitrogens with one attached hydrogen (secondary N) is 1. The van der Waals surface area contributed by atoms with E-state index in [1.54, 1.807) is 0 Å². The lowest BCUT2D eigenvalue weighted by Gasteiger charge is -2.20. The molecule has 1 unspecified atom stereocenters. The van der Waals surface area contributed by atoms with Gasteiger partial charge in [0, 0.05) is 6.04 Å². The summed E-state index contributed by atoms with van der Waals surface area (Å²) in [5, 5.41) is 3.44. The predicted octanol–water partition coefficient (Wildman–Crippen LogP) is 1.25. The average molecular weight is 160 g/mol. The van der Waals surface area contributed by atoms with Crippen LogP contribution in [0.25, 0.3) is 0 Å². The van der Waals surface area contributed by atoms with Gasteiger partial charge in [0.2, 0.25) is 0 Å². The van der Waals surface area contributed by atoms with E-state index in [0.717, 1.165) is 6.42 Å². The first kappa shape index (κ1) is 9.69. The SMILES string of the molecule is CCC(NC(N)=S)C(C)C. The first-order valence-corrected chi connectivity index (χ1v) is 4.04. The summed E-state index contributed by atoms with van der Waals surface area (Å²) in [5.74, 6) is 0.589. The molecule has 0 fully saturated rings. The van der Waals surface area contributed by atoms with Gasteiger partial charge in [-0.25, -0.2) is 0 Å². The van der Waals surface area contributed by atoms with E-state index in [0.29, 0.717) is 17.1 Å². The van der Waals surface area contributed by atoms with Crippen LogP contribution in [0, 0.1) is 5.92 Å². The highest BCUT2D eigenvalue weighted by molar-refractivity contribution is 7.80. The Morgan fingerprint density at radius 2 is 2.10 bits per heavy atom. The fraction of sp³-hybridized carbons (Fsp3) is 0.857. The molecule has 60 valence electrons. The van der Waals surface area contributed by atoms with Crippen molar-refractivity contribution >= 4 is 17.3 Å². The predicted molar refractivity (Wildman–Crippen MR) is 48.8 cm³/mol. The Labute approximate surface area is 68.2 Å². The highest BCUT2D eigenvalue weighted by Gasteiger charge is 2.09. The van der Waals surface area contributed by atoms with Gasteiger partial charge in [-0.15, -0.1) is 0 Å². The fourth-order valence-electron chi connectivity index (χ4n) is 0.923. The van der Waals surface area contributed by atoms with Gasteiger partial charge in [0.1, 0.15) is 0 Å². The fourth-order valence-corrected chi connectivity index (χ4v) is 1.07. The van der Waals surface area contributed by atoms with Crippen molar-refractivity contribution in [3.63, 3.8) is 0 Å². The molecule has 1 atom stereocenters. The van der Waals surface area contributed by atoms with E-state index in [9.17, 15) is 0 Å². The van der Waals surface area contributed by atoms with E-state index in [1.807, 2.05) is 0 Å². The summed E-state index contributed by atoms with van der Waals surface area (Å²) in [5.41, 5.74) is 5.33. The summed E-state index contributed by atoms with van der Waals surface area (Å²) in [4.78, 5) is 0. The van der Waals surface area contributed by atoms with Crippen LogP contribution in [0.4, 0.5) is 0 Å². The standard InChI is InChI=1S/C7H16N2S/c1-4-6(5(2)3)9-7(8)10/h5-6H,4H2,1-3H3,(H3,8,9,10). The molecular weight excluding hydrogens is 144 g/mol. The molecule has 0 aliphatic carbocycles. The topological polar surface area (TPSA) is 38.0 Å². The maximum absolute atomic E-state index is 5.33. The monoisotopic (exact) mass is 160 g/mol. The average Bonchev–Trinajstić information content (AvgIpc) is 1.81. The van der Waals surface area contributed by atoms with Gasteiger partial charge in [0.05, 0.1) is 0 Å². The second-order valence-electron chi connectivity index (χ2n) is 2.77. The Kier molecular flexibility index (Phi) is 4.36. The first-order chi connectivity index (χ1) is 4.57. The normalized spacial score (nSPS) is 13.2. The van der Waals surface area contributed by atoms with E-state index >= 15 is 0 Å². The largest absolute Gasteiger partial charge is 0.376 e. The van der Waals surface area contributed by atoms with Crippen LogP contribution in [0.3, 0.4) is 0 Å². The number of thiocarbonyl (C=S) groups is 1. The number of nitrogens with two attached hydrogens (primary N) is 1. The molecule has 0 aliphatic rings. The van der Waals surface area contributed by atoms with Gasteiger partial charge < -0.3 is 11.1 Å². The van der Waals surface area contributed by atoms with Crippen molar-refractivity contribution in [2.75, 3.05) is 0 Å². The zero-order valence-electron chi connectivity index (χ0n) is 6.85. The molecule has 0 aromatic carbocycles. The Hall–Kier alpha value is -0.310. The molecule has 0 aliphatic heterocycles. The Bertz CT molecular complexity index is 112. The third-order valence-electron chi connectivity index (χ3n) is 1.57. The van der Waals surface area contributed by atoms with Crippen molar-refractivity contribution in [2.45, 2.75) is 33.2 Å². The summed E-state index contributed by atoms with van der Waals surface area (Å²) in [6, 6.07) is 0.428. The van der Waals surface area contributed by atoms with Crippen molar-refractivity contribution in [1.82, 2.24) is 5.32 Å². The van der Waals surface area contributed by atoms with Gasteiger partial charge in [-0.3, -0.25) is 0 Å². The second kappa shape index (κ2) is 4.50. The molecule has 0 spiro atoms. The Morgan fingerprint density at radius 3 is 2.20 bits per heavy atom. The minimum Gasteiger partial charge on any atom is -0.376 e. The molecular formula is C7H16N2S. The summed E-state index contributed by atoms with van der Waals surface area (Å²) < 4.78 is 0. The number of hydrogen-bond acceptors (Lipinski definition) is 1. The van der Waals surface area contributed by atoms with Crippen LogP contribution in [0.1, 0.15) is 27.2 Å². The lowest BCUT2D eigenvalue weighted by Crippen LogP contribution is -2.40. The maximum atomic E-state index is 5.33. The van der Waals surface area contributed by atoms with E-state index in [4.69, 9.17) is 18.0 Å². The molecule has 0 radical (unpaired) electrons. The van der Waals surface area contributed by atoms with E-state index < -0.39 is 0 Å². The van der Waals surface area contributed by atoms with Gasteiger partial charge >= 0.3 is 0 Å². The molecule has 0 aromatic rings. The molecule has 0 heterocycles. The molecule has 0 bridgehead atoms. The van der Waals surface area contributed by atoms with Crippen LogP contribution < -0.4 is 11.1 Å². The summed E-state index contributed by atoms with van der Waals surface area (Å²) in [7, 11) is 0. The Morgan fingerprint density at radius 1 is 1.60 bits per heavy atom. The quantitative estimate of drug-likeness (QED) is 0.610. The van der Waals surface area contributed by atoms with Gasteiger partial charge in [-0.05, 0) is 24.6 Å². The van der Waals surface area contributed by atoms with E-state index in [1.165, 1.54) is 0 Å². The summed E-state index contributed by atoms with van der Waals surface area (Å²) >= 11 is 4.72. The molecule has 3 heteroatoms. The van der Waals surface area contributed by atoms with Gasteiger partial charge in [0.25, 0.3) is 0 Å². The zero-order chi connectivity index (χ0) is 8.15. The van der Waals surface area contributed by atoms with Crippen LogP contribution in [-0.2, 0) is 0 Å². The zero-order valence-corrected chi connectivity index (χ0v) is 7.66. The van der Waals surface area contributed by atoms with E-state index in [-0.39, 0.29) is 0 Å². The highest BCUT2D eigenvalue weighted by Crippen LogP contribution is 2.04. The second-order valence-corrected chi connectivity index (χ2v) is 3.21. The smallest absolute Gasteiger partial charge is 0.163 e. The van der Waals surface area contributed by atoms with Crippen molar-refractivity contribution < 1.29 is 0 Å². The van der Waals surface area contributed by atoms with E-state index in [2.05, 4.69) is 26.1 Å². The first-order valence-electron chi connectivity index (χ1n) is 3.63. The van der Waals surface area contributed by atoms with Gasteiger partial charge in [-0.1, -0.05) is 20.8 Å². The van der Waals surface area contributed by atoms with Crippen LogP contribution in [0.2, 0.25) is 0 Å². The molecule has 0 saturated heterocycles. The summed E-state index contributed by atoms with van der Waals surface area (Å²) in [6.07, 6.45) is 1.06. The molecule has 2 nitrogen and oxygen atoms in total. The van der Waals surface area contributed by atoms with Crippen LogP contribution >= 0.6 is 12.2 Å². The van der Waals surface area contributed by atoms with Gasteiger partial charge in [-0.2, -0.15) is 0 Å². The van der Waals surface area contributed by atoms with Crippen molar-refractivity contribution in [2.24, 2.45) is 11.7 Å². The minimum atomic E-state index is 0.403. The third kappa shape index (κ3) is 3.67. The lowest BCUT2D eigenvalue weighted by molar-refractivity contribution is 0.442. The maximum Gasteiger partial charge on any atom is 0.163 e. The van der Waals surface area contributed by atoms with Crippen LogP contribution in [0.15, 0.2) is 0 Å². The highest BCUT2D eigenvalue weighted by atomic mass is 32.1. The molecule has 0 rings (SSSR count). The van der Waals surface area contributed by atoms with Crippen molar-refractivity contribution in [3.8, 4) is 0 Å². The Balaban J connectivity index is 3.71. The number of hydrogen-bond donors (Lipinski definition) is 2. The van der Waals surface area contributed by atoms with Crippen LogP contribution in [0.5, 0.6) is 0 Å². The number of rotatable bonds is 3. The molecule has 0 amide bonds. The molecule has 0 aromatic heterocycles.